The summed E-state index contributed by atoms with van der Waals surface area (Å²) in [6.45, 7) is -0.277. The van der Waals surface area contributed by atoms with Crippen molar-refractivity contribution in [3.63, 3.8) is 0 Å². The Labute approximate surface area is 166 Å². The van der Waals surface area contributed by atoms with Crippen molar-refractivity contribution in [3.05, 3.63) is 58.9 Å². The van der Waals surface area contributed by atoms with Gasteiger partial charge in [-0.1, -0.05) is 11.6 Å². The first kappa shape index (κ1) is 21.2. The van der Waals surface area contributed by atoms with E-state index in [1.807, 2.05) is 0 Å². The van der Waals surface area contributed by atoms with Crippen LogP contribution in [0.15, 0.2) is 42.6 Å². The summed E-state index contributed by atoms with van der Waals surface area (Å²) in [6.07, 6.45) is 2.05. The second-order valence-corrected chi connectivity index (χ2v) is 6.35. The van der Waals surface area contributed by atoms with Crippen LogP contribution in [0.2, 0.25) is 5.02 Å². The Kier molecular flexibility index (Phi) is 7.76. The van der Waals surface area contributed by atoms with Crippen LogP contribution in [0.3, 0.4) is 0 Å². The van der Waals surface area contributed by atoms with Crippen LogP contribution in [-0.4, -0.2) is 41.4 Å². The molecule has 28 heavy (non-hydrogen) atoms. The third kappa shape index (κ3) is 6.55. The molecular weight excluding hydrogens is 386 g/mol. The zero-order valence-electron chi connectivity index (χ0n) is 15.2. The average molecular weight is 406 g/mol. The topological polar surface area (TPSA) is 106 Å². The van der Waals surface area contributed by atoms with Crippen molar-refractivity contribution in [2.75, 3.05) is 13.2 Å². The first-order chi connectivity index (χ1) is 13.4. The molecule has 0 unspecified atom stereocenters. The fourth-order valence-corrected chi connectivity index (χ4v) is 2.41. The van der Waals surface area contributed by atoms with Gasteiger partial charge in [-0.3, -0.25) is 24.5 Å². The number of carbonyl (C=O) groups is 4. The highest BCUT2D eigenvalue weighted by atomic mass is 35.5. The molecule has 2 aromatic rings. The van der Waals surface area contributed by atoms with Crippen LogP contribution in [0, 0.1) is 0 Å². The number of aromatic nitrogens is 1. The second-order valence-electron chi connectivity index (χ2n) is 5.91. The fraction of sp³-hybridized carbons (Fsp3) is 0.263. The third-order valence-corrected chi connectivity index (χ3v) is 4.00. The molecule has 1 aromatic carbocycles. The van der Waals surface area contributed by atoms with E-state index < -0.39 is 24.4 Å². The Morgan fingerprint density at radius 2 is 1.79 bits per heavy atom. The van der Waals surface area contributed by atoms with Crippen molar-refractivity contribution >= 4 is 35.3 Å². The molecule has 1 heterocycles. The summed E-state index contributed by atoms with van der Waals surface area (Å²) in [5.74, 6) is -2.15. The highest BCUT2D eigenvalue weighted by Crippen LogP contribution is 2.09. The average Bonchev–Trinajstić information content (AvgIpc) is 3.10. The number of carbonyl (C=O) groups excluding carboxylic acids is 4. The van der Waals surface area contributed by atoms with Crippen LogP contribution < -0.4 is 10.6 Å². The minimum Gasteiger partial charge on any atom is -0.456 e. The largest absolute Gasteiger partial charge is 0.456 e. The van der Waals surface area contributed by atoms with Gasteiger partial charge in [0.05, 0.1) is 0 Å². The number of nitrogens with zero attached hydrogens (tertiary/aromatic N) is 1. The molecule has 0 aliphatic rings. The summed E-state index contributed by atoms with van der Waals surface area (Å²) < 4.78 is 6.38. The summed E-state index contributed by atoms with van der Waals surface area (Å²) >= 11 is 5.76. The highest BCUT2D eigenvalue weighted by Gasteiger charge is 2.14. The zero-order chi connectivity index (χ0) is 20.5. The van der Waals surface area contributed by atoms with E-state index in [0.29, 0.717) is 22.7 Å². The summed E-state index contributed by atoms with van der Waals surface area (Å²) in [5.41, 5.74) is 0.780. The molecule has 0 aliphatic carbocycles. The van der Waals surface area contributed by atoms with Gasteiger partial charge in [-0.2, -0.15) is 0 Å². The van der Waals surface area contributed by atoms with Crippen molar-refractivity contribution in [1.82, 2.24) is 15.2 Å². The van der Waals surface area contributed by atoms with Crippen LogP contribution in [0.1, 0.15) is 33.7 Å². The fourth-order valence-electron chi connectivity index (χ4n) is 2.28. The van der Waals surface area contributed by atoms with Gasteiger partial charge < -0.3 is 14.6 Å². The summed E-state index contributed by atoms with van der Waals surface area (Å²) in [5, 5.41) is 5.35. The molecule has 1 aromatic heterocycles. The number of benzene rings is 1. The molecule has 0 spiro atoms. The van der Waals surface area contributed by atoms with E-state index in [4.69, 9.17) is 16.3 Å². The van der Waals surface area contributed by atoms with Crippen molar-refractivity contribution in [2.45, 2.75) is 12.8 Å². The Morgan fingerprint density at radius 3 is 2.43 bits per heavy atom. The SMILES string of the molecule is Cn1cccc1C(=O)NC(=O)COC(=O)CCCNC(=O)c1ccc(Cl)cc1. The van der Waals surface area contributed by atoms with Gasteiger partial charge in [0.15, 0.2) is 6.61 Å². The quantitative estimate of drug-likeness (QED) is 0.513. The number of hydrogen-bond donors (Lipinski definition) is 2. The third-order valence-electron chi connectivity index (χ3n) is 3.74. The maximum atomic E-state index is 11.9. The first-order valence-corrected chi connectivity index (χ1v) is 8.89. The summed E-state index contributed by atoms with van der Waals surface area (Å²) in [6, 6.07) is 9.66. The Bertz CT molecular complexity index is 861. The zero-order valence-corrected chi connectivity index (χ0v) is 16.0. The van der Waals surface area contributed by atoms with E-state index in [-0.39, 0.29) is 18.9 Å². The lowest BCUT2D eigenvalue weighted by Gasteiger charge is -2.07. The van der Waals surface area contributed by atoms with E-state index in [1.54, 1.807) is 54.2 Å². The van der Waals surface area contributed by atoms with E-state index >= 15 is 0 Å². The minimum atomic E-state index is -0.712. The number of esters is 1. The van der Waals surface area contributed by atoms with Crippen LogP contribution in [-0.2, 0) is 21.4 Å². The molecule has 3 amide bonds. The Hall–Kier alpha value is -3.13. The number of halogens is 1. The van der Waals surface area contributed by atoms with E-state index in [2.05, 4.69) is 10.6 Å². The van der Waals surface area contributed by atoms with Gasteiger partial charge >= 0.3 is 5.97 Å². The van der Waals surface area contributed by atoms with E-state index in [9.17, 15) is 19.2 Å². The van der Waals surface area contributed by atoms with Gasteiger partial charge in [-0.25, -0.2) is 0 Å². The lowest BCUT2D eigenvalue weighted by Crippen LogP contribution is -2.35. The highest BCUT2D eigenvalue weighted by molar-refractivity contribution is 6.30. The molecule has 148 valence electrons. The van der Waals surface area contributed by atoms with Gasteiger partial charge in [-0.15, -0.1) is 0 Å². The molecule has 0 aliphatic heterocycles. The maximum absolute atomic E-state index is 11.9. The van der Waals surface area contributed by atoms with Crippen molar-refractivity contribution in [2.24, 2.45) is 7.05 Å². The van der Waals surface area contributed by atoms with Gasteiger partial charge in [0.25, 0.3) is 17.7 Å². The minimum absolute atomic E-state index is 0.0277. The van der Waals surface area contributed by atoms with Gasteiger partial charge in [0.2, 0.25) is 0 Å². The standard InChI is InChI=1S/C19H20ClN3O5/c1-23-11-3-4-15(23)19(27)22-16(24)12-28-17(25)5-2-10-21-18(26)13-6-8-14(20)9-7-13/h3-4,6-9,11H,2,5,10,12H2,1H3,(H,21,26)(H,22,24,27). The number of rotatable bonds is 8. The van der Waals surface area contributed by atoms with E-state index in [0.717, 1.165) is 0 Å². The van der Waals surface area contributed by atoms with E-state index in [1.165, 1.54) is 0 Å². The molecule has 0 radical (unpaired) electrons. The number of hydrogen-bond acceptors (Lipinski definition) is 5. The van der Waals surface area contributed by atoms with Crippen LogP contribution in [0.5, 0.6) is 0 Å². The smallest absolute Gasteiger partial charge is 0.306 e. The monoisotopic (exact) mass is 405 g/mol. The van der Waals surface area contributed by atoms with Gasteiger partial charge in [-0.05, 0) is 42.8 Å². The van der Waals surface area contributed by atoms with Crippen molar-refractivity contribution in [1.29, 1.82) is 0 Å². The predicted octanol–water partition coefficient (Wildman–Crippen LogP) is 1.69. The summed E-state index contributed by atoms with van der Waals surface area (Å²) in [7, 11) is 1.67. The molecule has 2 N–H and O–H groups in total. The lowest BCUT2D eigenvalue weighted by molar-refractivity contribution is -0.148. The van der Waals surface area contributed by atoms with Gasteiger partial charge in [0, 0.05) is 36.8 Å². The number of ether oxygens (including phenoxy) is 1. The molecule has 2 rings (SSSR count). The van der Waals surface area contributed by atoms with Crippen LogP contribution >= 0.6 is 11.6 Å². The normalized spacial score (nSPS) is 10.2. The molecule has 0 atom stereocenters. The molecule has 0 saturated heterocycles. The number of nitrogens with one attached hydrogen (secondary N) is 2. The number of amides is 3. The number of imide groups is 1. The molecule has 8 nitrogen and oxygen atoms in total. The first-order valence-electron chi connectivity index (χ1n) is 8.51. The van der Waals surface area contributed by atoms with Crippen molar-refractivity contribution in [3.8, 4) is 0 Å². The van der Waals surface area contributed by atoms with Crippen LogP contribution in [0.4, 0.5) is 0 Å². The van der Waals surface area contributed by atoms with Gasteiger partial charge in [0.1, 0.15) is 5.69 Å². The van der Waals surface area contributed by atoms with Crippen LogP contribution in [0.25, 0.3) is 0 Å². The Morgan fingerprint density at radius 1 is 1.07 bits per heavy atom. The number of aryl methyl sites for hydroxylation is 1. The Balaban J connectivity index is 1.61. The maximum Gasteiger partial charge on any atom is 0.306 e. The van der Waals surface area contributed by atoms with Crippen molar-refractivity contribution < 1.29 is 23.9 Å². The summed E-state index contributed by atoms with van der Waals surface area (Å²) in [4.78, 5) is 47.1. The molecule has 0 fully saturated rings. The lowest BCUT2D eigenvalue weighted by atomic mass is 10.2. The second kappa shape index (κ2) is 10.3. The molecule has 0 saturated carbocycles. The molecular formula is C19H20ClN3O5. The molecule has 0 bridgehead atoms. The predicted molar refractivity (Wildman–Crippen MR) is 102 cm³/mol. The molecule has 9 heteroatoms.